The highest BCUT2D eigenvalue weighted by atomic mass is 32.1. The predicted molar refractivity (Wildman–Crippen MR) is 154 cm³/mol. The second-order valence-corrected chi connectivity index (χ2v) is 12.5. The Bertz CT molecular complexity index is 1570. The lowest BCUT2D eigenvalue weighted by Crippen LogP contribution is -2.68. The Balaban J connectivity index is 1.20. The number of hydrogen-bond donors (Lipinski definition) is 1. The maximum atomic E-state index is 13.8. The van der Waals surface area contributed by atoms with E-state index < -0.39 is 55.0 Å². The van der Waals surface area contributed by atoms with Crippen LogP contribution in [-0.2, 0) is 14.3 Å². The van der Waals surface area contributed by atoms with Gasteiger partial charge in [-0.1, -0.05) is 6.07 Å². The molecule has 12 nitrogen and oxygen atoms in total. The molecule has 0 aliphatic carbocycles. The van der Waals surface area contributed by atoms with E-state index in [0.717, 1.165) is 0 Å². The number of ether oxygens (including phenoxy) is 3. The number of hydrogen-bond acceptors (Lipinski definition) is 12. The average molecular weight is 652 g/mol. The Labute approximate surface area is 258 Å². The first-order valence-corrected chi connectivity index (χ1v) is 15.3. The molecule has 3 aromatic rings. The third-order valence-electron chi connectivity index (χ3n) is 8.64. The molecule has 0 unspecified atom stereocenters. The normalized spacial score (nSPS) is 25.4. The van der Waals surface area contributed by atoms with Crippen LogP contribution in [0.25, 0.3) is 10.7 Å². The number of thiophene rings is 1. The van der Waals surface area contributed by atoms with Crippen molar-refractivity contribution in [2.45, 2.75) is 49.5 Å². The Morgan fingerprint density at radius 2 is 2.00 bits per heavy atom. The molecule has 0 radical (unpaired) electrons. The van der Waals surface area contributed by atoms with Crippen molar-refractivity contribution in [1.29, 1.82) is 0 Å². The molecule has 0 amide bonds. The van der Waals surface area contributed by atoms with Crippen LogP contribution in [0.4, 0.5) is 34.9 Å². The van der Waals surface area contributed by atoms with Crippen molar-refractivity contribution >= 4 is 34.6 Å². The minimum Gasteiger partial charge on any atom is -0.480 e. The van der Waals surface area contributed by atoms with Crippen molar-refractivity contribution < 1.29 is 41.7 Å². The molecule has 1 N–H and O–H groups in total. The minimum atomic E-state index is -3.00. The van der Waals surface area contributed by atoms with Crippen molar-refractivity contribution in [2.24, 2.45) is 0 Å². The number of carboxylic acids is 1. The summed E-state index contributed by atoms with van der Waals surface area (Å²) >= 11 is 1.25. The van der Waals surface area contributed by atoms with Gasteiger partial charge < -0.3 is 34.0 Å². The van der Waals surface area contributed by atoms with Crippen LogP contribution >= 0.6 is 11.3 Å². The van der Waals surface area contributed by atoms with E-state index in [-0.39, 0.29) is 36.7 Å². The fourth-order valence-corrected chi connectivity index (χ4v) is 6.77. The van der Waals surface area contributed by atoms with E-state index >= 15 is 0 Å². The number of alkyl halides is 4. The standard InChI is InChI=1S/C28H29F4N7O5S/c1-15-27(13-42-14-27)43-5-4-38(15)18-7-16(37-11-28(31,32)12-37)9-33-24(18)44-17-8-19(25(40)41)39(10-17)26-35-22(20-3-2-6-45-20)34-23(36-26)21(29)30/h2-3,6-7,9,15,17,19,21H,4-5,8,10-14H2,1H3,(H,40,41)/t15-,17-,19-/m0/s1. The summed E-state index contributed by atoms with van der Waals surface area (Å²) in [5.74, 6) is -4.73. The van der Waals surface area contributed by atoms with Gasteiger partial charge in [0.2, 0.25) is 17.7 Å². The van der Waals surface area contributed by atoms with Crippen molar-refractivity contribution in [3.63, 3.8) is 0 Å². The zero-order valence-electron chi connectivity index (χ0n) is 24.0. The smallest absolute Gasteiger partial charge is 0.326 e. The molecule has 240 valence electrons. The topological polar surface area (TPSA) is 126 Å². The lowest BCUT2D eigenvalue weighted by molar-refractivity contribution is -0.228. The van der Waals surface area contributed by atoms with Gasteiger partial charge in [0, 0.05) is 13.0 Å². The van der Waals surface area contributed by atoms with Crippen LogP contribution < -0.4 is 19.4 Å². The summed E-state index contributed by atoms with van der Waals surface area (Å²) in [6.07, 6.45) is -2.31. The van der Waals surface area contributed by atoms with Crippen LogP contribution in [-0.4, -0.2) is 107 Å². The van der Waals surface area contributed by atoms with Gasteiger partial charge in [0.1, 0.15) is 23.4 Å². The molecular weight excluding hydrogens is 622 g/mol. The molecular formula is C28H29F4N7O5S. The largest absolute Gasteiger partial charge is 0.480 e. The van der Waals surface area contributed by atoms with Crippen molar-refractivity contribution in [3.8, 4) is 16.6 Å². The van der Waals surface area contributed by atoms with Crippen molar-refractivity contribution in [1.82, 2.24) is 19.9 Å². The molecule has 4 aliphatic rings. The van der Waals surface area contributed by atoms with E-state index in [0.29, 0.717) is 42.6 Å². The van der Waals surface area contributed by atoms with Gasteiger partial charge in [-0.25, -0.2) is 32.3 Å². The first-order valence-electron chi connectivity index (χ1n) is 14.4. The van der Waals surface area contributed by atoms with E-state index in [4.69, 9.17) is 14.2 Å². The van der Waals surface area contributed by atoms with E-state index in [1.165, 1.54) is 27.3 Å². The van der Waals surface area contributed by atoms with Gasteiger partial charge in [-0.3, -0.25) is 0 Å². The number of rotatable bonds is 8. The monoisotopic (exact) mass is 651 g/mol. The highest BCUT2D eigenvalue weighted by Crippen LogP contribution is 2.42. The van der Waals surface area contributed by atoms with E-state index in [2.05, 4.69) is 19.9 Å². The van der Waals surface area contributed by atoms with E-state index in [1.54, 1.807) is 23.6 Å². The number of carbonyl (C=O) groups is 1. The van der Waals surface area contributed by atoms with Crippen LogP contribution in [0.15, 0.2) is 29.8 Å². The SMILES string of the molecule is C[C@@H]1N(c2cc(N3CC(F)(F)C3)cnc2O[C@H]2C[C@@H](C(=O)O)N(c3nc(-c4cccs4)nc(C(F)F)n3)C2)CCOC12COC2. The maximum Gasteiger partial charge on any atom is 0.326 e. The van der Waals surface area contributed by atoms with Crippen LogP contribution in [0.5, 0.6) is 5.88 Å². The van der Waals surface area contributed by atoms with Gasteiger partial charge in [-0.15, -0.1) is 11.3 Å². The molecule has 45 heavy (non-hydrogen) atoms. The summed E-state index contributed by atoms with van der Waals surface area (Å²) < 4.78 is 72.9. The fourth-order valence-electron chi connectivity index (χ4n) is 6.12. The quantitative estimate of drug-likeness (QED) is 0.359. The molecule has 4 fully saturated rings. The molecule has 17 heteroatoms. The number of aliphatic carboxylic acids is 1. The van der Waals surface area contributed by atoms with E-state index in [1.807, 2.05) is 11.8 Å². The molecule has 4 aliphatic heterocycles. The Hall–Kier alpha value is -3.83. The number of anilines is 3. The lowest BCUT2D eigenvalue weighted by Gasteiger charge is -2.53. The molecule has 4 saturated heterocycles. The summed E-state index contributed by atoms with van der Waals surface area (Å²) in [5, 5.41) is 11.8. The Morgan fingerprint density at radius 1 is 1.20 bits per heavy atom. The summed E-state index contributed by atoms with van der Waals surface area (Å²) in [6.45, 7) is 2.78. The number of carboxylic acid groups (broad SMARTS) is 1. The molecule has 7 rings (SSSR count). The molecule has 0 aromatic carbocycles. The molecule has 3 atom stereocenters. The molecule has 3 aromatic heterocycles. The van der Waals surface area contributed by atoms with Gasteiger partial charge in [0.05, 0.1) is 62.3 Å². The third kappa shape index (κ3) is 5.50. The second kappa shape index (κ2) is 11.2. The van der Waals surface area contributed by atoms with E-state index in [9.17, 15) is 27.5 Å². The van der Waals surface area contributed by atoms with Crippen LogP contribution in [0.3, 0.4) is 0 Å². The summed E-state index contributed by atoms with van der Waals surface area (Å²) in [4.78, 5) is 34.5. The first kappa shape index (κ1) is 29.9. The van der Waals surface area contributed by atoms with Gasteiger partial charge in [0.15, 0.2) is 5.82 Å². The van der Waals surface area contributed by atoms with Gasteiger partial charge in [-0.05, 0) is 24.4 Å². The van der Waals surface area contributed by atoms with Crippen LogP contribution in [0.2, 0.25) is 0 Å². The van der Waals surface area contributed by atoms with Crippen LogP contribution in [0, 0.1) is 0 Å². The molecule has 7 heterocycles. The average Bonchev–Trinajstić information content (AvgIpc) is 3.66. The molecule has 0 bridgehead atoms. The van der Waals surface area contributed by atoms with Crippen molar-refractivity contribution in [2.75, 3.05) is 60.7 Å². The first-order chi connectivity index (χ1) is 21.5. The Kier molecular flexibility index (Phi) is 7.43. The maximum absolute atomic E-state index is 13.8. The second-order valence-electron chi connectivity index (χ2n) is 11.6. The number of pyridine rings is 1. The number of morpholine rings is 1. The molecule has 0 saturated carbocycles. The fraction of sp³-hybridized carbons (Fsp3) is 0.536. The summed E-state index contributed by atoms with van der Waals surface area (Å²) in [5.41, 5.74) is 0.522. The predicted octanol–water partition coefficient (Wildman–Crippen LogP) is 3.49. The number of halogens is 4. The lowest BCUT2D eigenvalue weighted by atomic mass is 9.90. The highest BCUT2D eigenvalue weighted by Gasteiger charge is 2.51. The highest BCUT2D eigenvalue weighted by molar-refractivity contribution is 7.13. The minimum absolute atomic E-state index is 0.0168. The summed E-state index contributed by atoms with van der Waals surface area (Å²) in [7, 11) is 0. The molecule has 1 spiro atoms. The van der Waals surface area contributed by atoms with Crippen molar-refractivity contribution in [3.05, 3.63) is 35.6 Å². The zero-order chi connectivity index (χ0) is 31.5. The third-order valence-corrected chi connectivity index (χ3v) is 9.51. The van der Waals surface area contributed by atoms with Crippen LogP contribution in [0.1, 0.15) is 25.6 Å². The zero-order valence-corrected chi connectivity index (χ0v) is 24.8. The van der Waals surface area contributed by atoms with Gasteiger partial charge in [0.25, 0.3) is 12.3 Å². The number of nitrogens with zero attached hydrogens (tertiary/aromatic N) is 7. The van der Waals surface area contributed by atoms with Gasteiger partial charge >= 0.3 is 5.97 Å². The number of aromatic nitrogens is 4. The Morgan fingerprint density at radius 3 is 2.64 bits per heavy atom. The van der Waals surface area contributed by atoms with Gasteiger partial charge in [-0.2, -0.15) is 9.97 Å². The summed E-state index contributed by atoms with van der Waals surface area (Å²) in [6, 6.07) is 3.81.